The quantitative estimate of drug-likeness (QED) is 0.0261. The maximum absolute atomic E-state index is 12.9. The summed E-state index contributed by atoms with van der Waals surface area (Å²) >= 11 is 0. The lowest BCUT2D eigenvalue weighted by molar-refractivity contribution is -0.167. The van der Waals surface area contributed by atoms with Gasteiger partial charge in [0.05, 0.1) is 0 Å². The van der Waals surface area contributed by atoms with E-state index in [1.54, 1.807) is 0 Å². The molecular formula is C65H108O6. The topological polar surface area (TPSA) is 78.9 Å². The Labute approximate surface area is 438 Å². The van der Waals surface area contributed by atoms with Gasteiger partial charge in [0.1, 0.15) is 13.2 Å². The molecule has 0 aromatic heterocycles. The third-order valence-electron chi connectivity index (χ3n) is 12.2. The third kappa shape index (κ3) is 56.9. The Morgan fingerprint density at radius 2 is 0.521 bits per heavy atom. The summed E-state index contributed by atoms with van der Waals surface area (Å²) in [6, 6.07) is 0. The second kappa shape index (κ2) is 58.6. The van der Waals surface area contributed by atoms with Crippen LogP contribution in [0.1, 0.15) is 265 Å². The number of rotatable bonds is 52. The first kappa shape index (κ1) is 67.1. The molecule has 6 heteroatoms. The predicted octanol–water partition coefficient (Wildman–Crippen LogP) is 19.9. The van der Waals surface area contributed by atoms with E-state index in [4.69, 9.17) is 14.2 Å². The zero-order valence-electron chi connectivity index (χ0n) is 46.2. The molecule has 0 saturated carbocycles. The lowest BCUT2D eigenvalue weighted by Crippen LogP contribution is -2.30. The van der Waals surface area contributed by atoms with Crippen LogP contribution in [0.5, 0.6) is 0 Å². The molecule has 0 unspecified atom stereocenters. The highest BCUT2D eigenvalue weighted by Crippen LogP contribution is 2.14. The van der Waals surface area contributed by atoms with Crippen molar-refractivity contribution in [2.45, 2.75) is 271 Å². The molecule has 0 fully saturated rings. The van der Waals surface area contributed by atoms with Crippen molar-refractivity contribution in [3.8, 4) is 0 Å². The van der Waals surface area contributed by atoms with E-state index in [9.17, 15) is 14.4 Å². The fourth-order valence-corrected chi connectivity index (χ4v) is 7.77. The minimum Gasteiger partial charge on any atom is -0.462 e. The van der Waals surface area contributed by atoms with Gasteiger partial charge >= 0.3 is 17.9 Å². The van der Waals surface area contributed by atoms with E-state index in [2.05, 4.69) is 130 Å². The molecule has 404 valence electrons. The van der Waals surface area contributed by atoms with Gasteiger partial charge in [0.15, 0.2) is 6.10 Å². The van der Waals surface area contributed by atoms with Gasteiger partial charge in [-0.25, -0.2) is 0 Å². The molecule has 0 aromatic rings. The minimum atomic E-state index is -0.815. The lowest BCUT2D eigenvalue weighted by atomic mass is 10.1. The number of hydrogen-bond acceptors (Lipinski definition) is 6. The first-order valence-electron chi connectivity index (χ1n) is 29.4. The number of hydrogen-bond donors (Lipinski definition) is 0. The molecule has 0 amide bonds. The zero-order valence-corrected chi connectivity index (χ0v) is 46.2. The molecule has 0 saturated heterocycles. The molecule has 0 aromatic carbocycles. The highest BCUT2D eigenvalue weighted by molar-refractivity contribution is 5.71. The first-order chi connectivity index (χ1) is 35.0. The molecule has 0 spiro atoms. The predicted molar refractivity (Wildman–Crippen MR) is 307 cm³/mol. The fourth-order valence-electron chi connectivity index (χ4n) is 7.77. The van der Waals surface area contributed by atoms with E-state index in [1.807, 2.05) is 0 Å². The van der Waals surface area contributed by atoms with Crippen LogP contribution in [0.2, 0.25) is 0 Å². The van der Waals surface area contributed by atoms with Gasteiger partial charge in [-0.15, -0.1) is 0 Å². The Hall–Kier alpha value is -3.93. The highest BCUT2D eigenvalue weighted by Gasteiger charge is 2.19. The van der Waals surface area contributed by atoms with Crippen molar-refractivity contribution in [3.63, 3.8) is 0 Å². The van der Waals surface area contributed by atoms with Crippen molar-refractivity contribution < 1.29 is 28.6 Å². The number of allylic oxidation sites excluding steroid dienone is 18. The van der Waals surface area contributed by atoms with Crippen LogP contribution in [0.4, 0.5) is 0 Å². The average molecular weight is 986 g/mol. The van der Waals surface area contributed by atoms with Crippen LogP contribution in [0.3, 0.4) is 0 Å². The second-order valence-electron chi connectivity index (χ2n) is 19.2. The van der Waals surface area contributed by atoms with Gasteiger partial charge in [-0.05, 0) is 128 Å². The van der Waals surface area contributed by atoms with Crippen molar-refractivity contribution in [1.29, 1.82) is 0 Å². The Morgan fingerprint density at radius 3 is 0.845 bits per heavy atom. The molecular weight excluding hydrogens is 877 g/mol. The SMILES string of the molecule is CCCCC/C=C\C/C=C\C/C=C\C/C=C\CCCC(=O)OC[C@H](COC(=O)CCCCCC/C=C\C/C=C\C/C=C\CCCCC)OC(=O)CCCCCCCCCCC/C=C\C/C=C\CCCCC. The molecule has 0 radical (unpaired) electrons. The molecule has 1 atom stereocenters. The van der Waals surface area contributed by atoms with Crippen LogP contribution in [0, 0.1) is 0 Å². The lowest BCUT2D eigenvalue weighted by Gasteiger charge is -2.18. The van der Waals surface area contributed by atoms with E-state index >= 15 is 0 Å². The third-order valence-corrected chi connectivity index (χ3v) is 12.2. The summed E-state index contributed by atoms with van der Waals surface area (Å²) in [6.07, 6.45) is 79.3. The van der Waals surface area contributed by atoms with Crippen molar-refractivity contribution in [2.75, 3.05) is 13.2 Å². The van der Waals surface area contributed by atoms with Crippen LogP contribution in [-0.4, -0.2) is 37.2 Å². The van der Waals surface area contributed by atoms with Crippen molar-refractivity contribution >= 4 is 17.9 Å². The molecule has 0 rings (SSSR count). The number of ether oxygens (including phenoxy) is 3. The monoisotopic (exact) mass is 985 g/mol. The van der Waals surface area contributed by atoms with Crippen molar-refractivity contribution in [2.24, 2.45) is 0 Å². The summed E-state index contributed by atoms with van der Waals surface area (Å²) < 4.78 is 16.8. The van der Waals surface area contributed by atoms with Crippen LogP contribution < -0.4 is 0 Å². The number of carbonyl (C=O) groups is 3. The Balaban J connectivity index is 4.52. The smallest absolute Gasteiger partial charge is 0.306 e. The van der Waals surface area contributed by atoms with Gasteiger partial charge in [0.25, 0.3) is 0 Å². The molecule has 0 heterocycles. The van der Waals surface area contributed by atoms with Crippen LogP contribution >= 0.6 is 0 Å². The minimum absolute atomic E-state index is 0.110. The maximum Gasteiger partial charge on any atom is 0.306 e. The van der Waals surface area contributed by atoms with Crippen LogP contribution in [0.25, 0.3) is 0 Å². The Kier molecular flexibility index (Phi) is 55.4. The zero-order chi connectivity index (χ0) is 51.4. The molecule has 0 N–H and O–H groups in total. The number of esters is 3. The van der Waals surface area contributed by atoms with Crippen LogP contribution in [0.15, 0.2) is 109 Å². The summed E-state index contributed by atoms with van der Waals surface area (Å²) in [5.41, 5.74) is 0. The average Bonchev–Trinajstić information content (AvgIpc) is 3.37. The molecule has 0 aliphatic heterocycles. The van der Waals surface area contributed by atoms with Gasteiger partial charge in [-0.2, -0.15) is 0 Å². The van der Waals surface area contributed by atoms with Gasteiger partial charge < -0.3 is 14.2 Å². The number of unbranched alkanes of at least 4 members (excludes halogenated alkanes) is 23. The van der Waals surface area contributed by atoms with E-state index < -0.39 is 6.10 Å². The fraction of sp³-hybridized carbons (Fsp3) is 0.677. The normalized spacial score (nSPS) is 12.9. The molecule has 0 aliphatic rings. The second-order valence-corrected chi connectivity index (χ2v) is 19.2. The maximum atomic E-state index is 12.9. The summed E-state index contributed by atoms with van der Waals surface area (Å²) in [5, 5.41) is 0. The van der Waals surface area contributed by atoms with E-state index in [-0.39, 0.29) is 37.5 Å². The number of carbonyl (C=O) groups excluding carboxylic acids is 3. The Morgan fingerprint density at radius 1 is 0.282 bits per heavy atom. The van der Waals surface area contributed by atoms with E-state index in [0.29, 0.717) is 19.3 Å². The van der Waals surface area contributed by atoms with Gasteiger partial charge in [-0.1, -0.05) is 226 Å². The summed E-state index contributed by atoms with van der Waals surface area (Å²) in [7, 11) is 0. The van der Waals surface area contributed by atoms with Crippen molar-refractivity contribution in [3.05, 3.63) is 109 Å². The van der Waals surface area contributed by atoms with Crippen LogP contribution in [-0.2, 0) is 28.6 Å². The van der Waals surface area contributed by atoms with E-state index in [1.165, 1.54) is 122 Å². The van der Waals surface area contributed by atoms with Gasteiger partial charge in [-0.3, -0.25) is 14.4 Å². The molecule has 6 nitrogen and oxygen atoms in total. The largest absolute Gasteiger partial charge is 0.462 e. The first-order valence-corrected chi connectivity index (χ1v) is 29.4. The van der Waals surface area contributed by atoms with E-state index in [0.717, 1.165) is 96.3 Å². The summed E-state index contributed by atoms with van der Waals surface area (Å²) in [4.78, 5) is 38.2. The summed E-state index contributed by atoms with van der Waals surface area (Å²) in [6.45, 7) is 6.49. The van der Waals surface area contributed by atoms with Gasteiger partial charge in [0, 0.05) is 19.3 Å². The highest BCUT2D eigenvalue weighted by atomic mass is 16.6. The molecule has 0 aliphatic carbocycles. The van der Waals surface area contributed by atoms with Gasteiger partial charge in [0.2, 0.25) is 0 Å². The molecule has 71 heavy (non-hydrogen) atoms. The molecule has 0 bridgehead atoms. The Bertz CT molecular complexity index is 1460. The van der Waals surface area contributed by atoms with Crippen molar-refractivity contribution in [1.82, 2.24) is 0 Å². The standard InChI is InChI=1S/C65H108O6/c1-4-7-10-13-16-19-22-25-28-31-32-35-38-41-44-47-50-53-56-59-65(68)71-62(60-69-63(66)57-54-51-48-45-42-39-36-33-29-26-23-20-17-14-11-8-5-2)61-70-64(67)58-55-52-49-46-43-40-37-34-30-27-24-21-18-15-12-9-6-3/h16-21,25-30,36-37,39-40,45,48,62H,4-15,22-24,31-35,38,41-44,46-47,49-61H2,1-3H3/b19-16-,20-17-,21-18-,28-25-,29-26-,30-27-,39-36-,40-37-,48-45-/t62-/m1/s1. The summed E-state index contributed by atoms with van der Waals surface area (Å²) in [5.74, 6) is -0.990.